The summed E-state index contributed by atoms with van der Waals surface area (Å²) in [5.74, 6) is -0.598. The first-order chi connectivity index (χ1) is 49.4. The molecule has 0 heterocycles. The van der Waals surface area contributed by atoms with Crippen LogP contribution in [0.4, 0.5) is 0 Å². The average Bonchev–Trinajstić information content (AvgIpc) is 0.930. The largest absolute Gasteiger partial charge is 0.472 e. The third kappa shape index (κ3) is 76.3. The van der Waals surface area contributed by atoms with Gasteiger partial charge < -0.3 is 33.8 Å². The second-order valence-corrected chi connectivity index (χ2v) is 33.7. The van der Waals surface area contributed by atoms with Crippen LogP contribution in [0.1, 0.15) is 440 Å². The van der Waals surface area contributed by atoms with Gasteiger partial charge in [0, 0.05) is 25.7 Å². The van der Waals surface area contributed by atoms with Crippen molar-refractivity contribution in [2.45, 2.75) is 458 Å². The zero-order valence-electron chi connectivity index (χ0n) is 66.9. The van der Waals surface area contributed by atoms with Gasteiger partial charge in [-0.1, -0.05) is 388 Å². The summed E-state index contributed by atoms with van der Waals surface area (Å²) >= 11 is 0. The smallest absolute Gasteiger partial charge is 0.462 e. The number of esters is 4. The topological polar surface area (TPSA) is 237 Å². The fraction of sp³-hybridized carbons (Fsp3) is 0.952. The minimum absolute atomic E-state index is 0.108. The van der Waals surface area contributed by atoms with Crippen molar-refractivity contribution >= 4 is 39.5 Å². The van der Waals surface area contributed by atoms with E-state index in [0.29, 0.717) is 25.7 Å². The van der Waals surface area contributed by atoms with Crippen molar-refractivity contribution in [1.82, 2.24) is 0 Å². The van der Waals surface area contributed by atoms with E-state index in [1.807, 2.05) is 0 Å². The molecule has 0 aliphatic carbocycles. The van der Waals surface area contributed by atoms with Crippen molar-refractivity contribution in [1.29, 1.82) is 0 Å². The van der Waals surface area contributed by atoms with Gasteiger partial charge >= 0.3 is 39.5 Å². The van der Waals surface area contributed by atoms with Crippen LogP contribution in [0, 0.1) is 11.8 Å². The van der Waals surface area contributed by atoms with Gasteiger partial charge in [0.2, 0.25) is 0 Å². The summed E-state index contributed by atoms with van der Waals surface area (Å²) < 4.78 is 68.8. The molecule has 606 valence electrons. The number of aliphatic hydroxyl groups excluding tert-OH is 1. The molecule has 2 unspecified atom stereocenters. The van der Waals surface area contributed by atoms with Crippen LogP contribution in [0.5, 0.6) is 0 Å². The van der Waals surface area contributed by atoms with E-state index < -0.39 is 97.5 Å². The molecule has 0 aromatic rings. The van der Waals surface area contributed by atoms with Crippen LogP contribution < -0.4 is 0 Å². The Bertz CT molecular complexity index is 1960. The molecule has 0 bridgehead atoms. The molecule has 0 rings (SSSR count). The van der Waals surface area contributed by atoms with Crippen molar-refractivity contribution in [2.75, 3.05) is 39.6 Å². The Balaban J connectivity index is 5.23. The van der Waals surface area contributed by atoms with Crippen LogP contribution in [-0.4, -0.2) is 96.7 Å². The lowest BCUT2D eigenvalue weighted by Crippen LogP contribution is -2.30. The SMILES string of the molecule is CCCCCCCCCCCCCCCCCCCCCCCC(=O)O[C@H](COC(=O)CCCCCCCCCCCCCCC(C)C)COP(=O)(O)OC[C@@H](O)COP(=O)(O)OC[C@@H](COC(=O)CCCCCCCCCCC(C)C)OC(=O)CCCCCCCCCCCCCCCCC. The Kier molecular flexibility index (Phi) is 73.1. The third-order valence-electron chi connectivity index (χ3n) is 19.5. The number of hydrogen-bond donors (Lipinski definition) is 3. The van der Waals surface area contributed by atoms with Gasteiger partial charge in [0.05, 0.1) is 26.4 Å². The number of unbranched alkanes of at least 4 members (excludes halogenated alkanes) is 52. The molecule has 5 atom stereocenters. The van der Waals surface area contributed by atoms with Gasteiger partial charge in [-0.15, -0.1) is 0 Å². The standard InChI is InChI=1S/C83H162O17P2/c1-7-9-11-13-15-17-19-21-23-24-25-26-27-28-30-32-38-42-50-56-62-68-82(87)99-78(71-93-80(85)65-59-53-47-40-36-34-33-35-39-45-51-57-63-75(3)4)73-97-101(89,90)95-69-77(84)70-96-102(91,92)98-74-79(72-94-81(86)66-60-54-48-44-43-46-52-58-64-76(5)6)100-83(88)67-61-55-49-41-37-31-29-22-20-18-16-14-12-10-8-2/h75-79,84H,7-74H2,1-6H3,(H,89,90)(H,91,92)/t77-,78-,79-/m1/s1. The maximum absolute atomic E-state index is 13.1. The highest BCUT2D eigenvalue weighted by atomic mass is 31.2. The van der Waals surface area contributed by atoms with Gasteiger partial charge in [-0.2, -0.15) is 0 Å². The van der Waals surface area contributed by atoms with Crippen LogP contribution in [-0.2, 0) is 65.4 Å². The van der Waals surface area contributed by atoms with E-state index >= 15 is 0 Å². The fourth-order valence-electron chi connectivity index (χ4n) is 12.9. The molecule has 3 N–H and O–H groups in total. The van der Waals surface area contributed by atoms with Gasteiger partial charge in [-0.05, 0) is 37.5 Å². The molecule has 0 aromatic carbocycles. The molecule has 0 amide bonds. The van der Waals surface area contributed by atoms with Gasteiger partial charge in [0.25, 0.3) is 0 Å². The second kappa shape index (κ2) is 74.5. The number of carbonyl (C=O) groups is 4. The van der Waals surface area contributed by atoms with Crippen LogP contribution in [0.3, 0.4) is 0 Å². The molecule has 0 aliphatic rings. The molecule has 0 saturated heterocycles. The van der Waals surface area contributed by atoms with Crippen molar-refractivity contribution in [3.05, 3.63) is 0 Å². The number of phosphoric ester groups is 2. The first-order valence-corrected chi connectivity index (χ1v) is 46.0. The van der Waals surface area contributed by atoms with Gasteiger partial charge in [-0.3, -0.25) is 37.3 Å². The number of carbonyl (C=O) groups excluding carboxylic acids is 4. The molecule has 0 fully saturated rings. The van der Waals surface area contributed by atoms with E-state index in [-0.39, 0.29) is 25.7 Å². The monoisotopic (exact) mass is 1490 g/mol. The number of phosphoric acid groups is 2. The summed E-state index contributed by atoms with van der Waals surface area (Å²) in [5, 5.41) is 10.7. The summed E-state index contributed by atoms with van der Waals surface area (Å²) in [6.45, 7) is 9.63. The maximum atomic E-state index is 13.1. The quantitative estimate of drug-likeness (QED) is 0.0222. The lowest BCUT2D eigenvalue weighted by molar-refractivity contribution is -0.161. The predicted octanol–water partition coefficient (Wildman–Crippen LogP) is 25.1. The van der Waals surface area contributed by atoms with E-state index in [1.165, 1.54) is 257 Å². The van der Waals surface area contributed by atoms with E-state index in [2.05, 4.69) is 41.5 Å². The minimum Gasteiger partial charge on any atom is -0.462 e. The Hall–Kier alpha value is -1.94. The summed E-state index contributed by atoms with van der Waals surface area (Å²) in [6.07, 6.45) is 65.3. The molecule has 0 radical (unpaired) electrons. The molecule has 17 nitrogen and oxygen atoms in total. The van der Waals surface area contributed by atoms with E-state index in [0.717, 1.165) is 102 Å². The molecule has 0 spiro atoms. The number of ether oxygens (including phenoxy) is 4. The normalized spacial score (nSPS) is 13.9. The van der Waals surface area contributed by atoms with E-state index in [4.69, 9.17) is 37.0 Å². The highest BCUT2D eigenvalue weighted by molar-refractivity contribution is 7.47. The van der Waals surface area contributed by atoms with Crippen LogP contribution in [0.25, 0.3) is 0 Å². The number of hydrogen-bond acceptors (Lipinski definition) is 15. The Labute approximate surface area is 626 Å². The molecular formula is C83H162O17P2. The Morgan fingerprint density at radius 1 is 0.265 bits per heavy atom. The summed E-state index contributed by atoms with van der Waals surface area (Å²) in [7, 11) is -9.92. The average molecular weight is 1490 g/mol. The Morgan fingerprint density at radius 3 is 0.667 bits per heavy atom. The highest BCUT2D eigenvalue weighted by Crippen LogP contribution is 2.45. The molecule has 0 aromatic heterocycles. The van der Waals surface area contributed by atoms with Crippen LogP contribution in [0.2, 0.25) is 0 Å². The second-order valence-electron chi connectivity index (χ2n) is 30.8. The van der Waals surface area contributed by atoms with Crippen LogP contribution >= 0.6 is 15.6 Å². The highest BCUT2D eigenvalue weighted by Gasteiger charge is 2.30. The first kappa shape index (κ1) is 100. The predicted molar refractivity (Wildman–Crippen MR) is 418 cm³/mol. The minimum atomic E-state index is -4.96. The summed E-state index contributed by atoms with van der Waals surface area (Å²) in [5.41, 5.74) is 0. The number of aliphatic hydroxyl groups is 1. The zero-order valence-corrected chi connectivity index (χ0v) is 68.7. The van der Waals surface area contributed by atoms with Gasteiger partial charge in [0.1, 0.15) is 19.3 Å². The lowest BCUT2D eigenvalue weighted by atomic mass is 10.0. The summed E-state index contributed by atoms with van der Waals surface area (Å²) in [6, 6.07) is 0. The van der Waals surface area contributed by atoms with Crippen LogP contribution in [0.15, 0.2) is 0 Å². The van der Waals surface area contributed by atoms with Gasteiger partial charge in [0.15, 0.2) is 12.2 Å². The molecule has 102 heavy (non-hydrogen) atoms. The summed E-state index contributed by atoms with van der Waals surface area (Å²) in [4.78, 5) is 73.1. The van der Waals surface area contributed by atoms with Crippen molar-refractivity contribution in [3.63, 3.8) is 0 Å². The first-order valence-electron chi connectivity index (χ1n) is 43.0. The van der Waals surface area contributed by atoms with Crippen molar-refractivity contribution in [2.24, 2.45) is 11.8 Å². The number of rotatable bonds is 82. The third-order valence-corrected chi connectivity index (χ3v) is 21.4. The molecule has 19 heteroatoms. The van der Waals surface area contributed by atoms with E-state index in [1.54, 1.807) is 0 Å². The lowest BCUT2D eigenvalue weighted by Gasteiger charge is -2.21. The molecular weight excluding hydrogens is 1330 g/mol. The maximum Gasteiger partial charge on any atom is 0.472 e. The molecule has 0 saturated carbocycles. The Morgan fingerprint density at radius 2 is 0.451 bits per heavy atom. The fourth-order valence-corrected chi connectivity index (χ4v) is 14.5. The van der Waals surface area contributed by atoms with Gasteiger partial charge in [-0.25, -0.2) is 9.13 Å². The van der Waals surface area contributed by atoms with Crippen molar-refractivity contribution in [3.8, 4) is 0 Å². The van der Waals surface area contributed by atoms with E-state index in [9.17, 15) is 43.2 Å². The molecule has 0 aliphatic heterocycles. The van der Waals surface area contributed by atoms with Crippen molar-refractivity contribution < 1.29 is 80.2 Å². The zero-order chi connectivity index (χ0) is 74.9.